The van der Waals surface area contributed by atoms with E-state index in [1.54, 1.807) is 47.9 Å². The Bertz CT molecular complexity index is 1400. The molecule has 2 heterocycles. The summed E-state index contributed by atoms with van der Waals surface area (Å²) in [6, 6.07) is 9.55. The van der Waals surface area contributed by atoms with E-state index in [9.17, 15) is 14.9 Å². The zero-order valence-electron chi connectivity index (χ0n) is 19.7. The van der Waals surface area contributed by atoms with Crippen LogP contribution in [0.25, 0.3) is 27.9 Å². The van der Waals surface area contributed by atoms with Gasteiger partial charge in [0.25, 0.3) is 5.69 Å². The second kappa shape index (κ2) is 10.1. The number of methoxy groups -OCH3 is 2. The Kier molecular flexibility index (Phi) is 7.01. The number of fused-ring (bicyclic) bond motifs is 3. The van der Waals surface area contributed by atoms with E-state index in [4.69, 9.17) is 19.4 Å². The van der Waals surface area contributed by atoms with E-state index in [1.165, 1.54) is 23.9 Å². The molecule has 0 unspecified atom stereocenters. The Morgan fingerprint density at radius 2 is 1.74 bits per heavy atom. The maximum Gasteiger partial charge on any atom is 0.269 e. The molecule has 182 valence electrons. The first kappa shape index (κ1) is 24.2. The Hall–Kier alpha value is -3.93. The number of carbonyl (C=O) groups is 1. The molecule has 0 radical (unpaired) electrons. The number of carbonyl (C=O) groups excluding carboxylic acids is 1. The second-order valence-electron chi connectivity index (χ2n) is 7.45. The maximum absolute atomic E-state index is 12.6. The van der Waals surface area contributed by atoms with Gasteiger partial charge in [-0.05, 0) is 32.0 Å². The molecule has 0 aliphatic rings. The Labute approximate surface area is 205 Å². The van der Waals surface area contributed by atoms with Gasteiger partial charge in [0.15, 0.2) is 28.1 Å². The van der Waals surface area contributed by atoms with Gasteiger partial charge >= 0.3 is 0 Å². The lowest BCUT2D eigenvalue weighted by molar-refractivity contribution is -0.384. The fourth-order valence-electron chi connectivity index (χ4n) is 3.65. The number of hydrogen-bond donors (Lipinski definition) is 0. The second-order valence-corrected chi connectivity index (χ2v) is 8.39. The first-order valence-corrected chi connectivity index (χ1v) is 11.9. The molecular formula is C23H24N6O5S. The SMILES string of the molecule is CCN(CC)C(=O)CSc1nc2cc(OC)c(OC)cc2c2nc(-c3ccc([N+](=O)[O-])cc3)nn12. The fraction of sp³-hybridized carbons (Fsp3) is 0.304. The van der Waals surface area contributed by atoms with E-state index >= 15 is 0 Å². The van der Waals surface area contributed by atoms with E-state index in [0.29, 0.717) is 57.7 Å². The van der Waals surface area contributed by atoms with Crippen LogP contribution in [0.3, 0.4) is 0 Å². The van der Waals surface area contributed by atoms with Crippen LogP contribution in [0.5, 0.6) is 11.5 Å². The van der Waals surface area contributed by atoms with Crippen molar-refractivity contribution in [1.29, 1.82) is 0 Å². The third kappa shape index (κ3) is 4.69. The van der Waals surface area contributed by atoms with Gasteiger partial charge in [-0.3, -0.25) is 14.9 Å². The summed E-state index contributed by atoms with van der Waals surface area (Å²) in [6.07, 6.45) is 0. The summed E-state index contributed by atoms with van der Waals surface area (Å²) < 4.78 is 12.5. The van der Waals surface area contributed by atoms with Gasteiger partial charge in [-0.1, -0.05) is 11.8 Å². The van der Waals surface area contributed by atoms with Crippen molar-refractivity contribution in [3.05, 3.63) is 46.5 Å². The highest BCUT2D eigenvalue weighted by Crippen LogP contribution is 2.35. The van der Waals surface area contributed by atoms with Crippen molar-refractivity contribution >= 4 is 39.9 Å². The molecule has 0 saturated carbocycles. The normalized spacial score (nSPS) is 11.1. The Morgan fingerprint density at radius 1 is 1.09 bits per heavy atom. The lowest BCUT2D eigenvalue weighted by atomic mass is 10.2. The summed E-state index contributed by atoms with van der Waals surface area (Å²) in [7, 11) is 3.09. The lowest BCUT2D eigenvalue weighted by Gasteiger charge is -2.18. The molecule has 2 aromatic heterocycles. The molecule has 35 heavy (non-hydrogen) atoms. The predicted octanol–water partition coefficient (Wildman–Crippen LogP) is 3.83. The van der Waals surface area contributed by atoms with Crippen LogP contribution in [0.2, 0.25) is 0 Å². The quantitative estimate of drug-likeness (QED) is 0.147. The molecule has 4 rings (SSSR count). The highest BCUT2D eigenvalue weighted by atomic mass is 32.2. The van der Waals surface area contributed by atoms with Gasteiger partial charge in [0.05, 0.1) is 30.4 Å². The van der Waals surface area contributed by atoms with Crippen LogP contribution in [-0.4, -0.2) is 68.4 Å². The molecule has 0 spiro atoms. The van der Waals surface area contributed by atoms with Gasteiger partial charge in [-0.2, -0.15) is 4.52 Å². The lowest BCUT2D eigenvalue weighted by Crippen LogP contribution is -2.31. The first-order chi connectivity index (χ1) is 16.9. The molecule has 0 atom stereocenters. The Balaban J connectivity index is 1.86. The average Bonchev–Trinajstić information content (AvgIpc) is 3.33. The third-order valence-electron chi connectivity index (χ3n) is 5.52. The summed E-state index contributed by atoms with van der Waals surface area (Å²) in [5.74, 6) is 1.59. The van der Waals surface area contributed by atoms with Crippen molar-refractivity contribution in [1.82, 2.24) is 24.5 Å². The summed E-state index contributed by atoms with van der Waals surface area (Å²) in [5.41, 5.74) is 1.72. The van der Waals surface area contributed by atoms with Crippen molar-refractivity contribution in [3.63, 3.8) is 0 Å². The van der Waals surface area contributed by atoms with Crippen LogP contribution in [-0.2, 0) is 4.79 Å². The number of benzene rings is 2. The summed E-state index contributed by atoms with van der Waals surface area (Å²) in [5, 5.41) is 16.8. The van der Waals surface area contributed by atoms with Crippen LogP contribution < -0.4 is 9.47 Å². The summed E-state index contributed by atoms with van der Waals surface area (Å²) in [4.78, 5) is 34.4. The number of thioether (sulfide) groups is 1. The predicted molar refractivity (Wildman–Crippen MR) is 132 cm³/mol. The third-order valence-corrected chi connectivity index (χ3v) is 6.44. The van der Waals surface area contributed by atoms with Gasteiger partial charge in [0.1, 0.15) is 0 Å². The molecule has 12 heteroatoms. The van der Waals surface area contributed by atoms with Crippen molar-refractivity contribution in [2.75, 3.05) is 33.1 Å². The molecule has 0 N–H and O–H groups in total. The molecule has 4 aromatic rings. The van der Waals surface area contributed by atoms with Crippen LogP contribution in [0.15, 0.2) is 41.6 Å². The van der Waals surface area contributed by atoms with E-state index in [-0.39, 0.29) is 17.3 Å². The minimum atomic E-state index is -0.459. The molecule has 1 amide bonds. The van der Waals surface area contributed by atoms with Gasteiger partial charge in [-0.15, -0.1) is 5.10 Å². The number of rotatable bonds is 9. The number of aromatic nitrogens is 4. The molecule has 0 saturated heterocycles. The van der Waals surface area contributed by atoms with E-state index in [0.717, 1.165) is 0 Å². The number of nitro groups is 1. The molecule has 0 aliphatic heterocycles. The Morgan fingerprint density at radius 3 is 2.34 bits per heavy atom. The highest BCUT2D eigenvalue weighted by molar-refractivity contribution is 7.99. The molecule has 11 nitrogen and oxygen atoms in total. The maximum atomic E-state index is 12.6. The average molecular weight is 497 g/mol. The first-order valence-electron chi connectivity index (χ1n) is 10.9. The summed E-state index contributed by atoms with van der Waals surface area (Å²) in [6.45, 7) is 5.13. The number of nitro benzene ring substituents is 1. The zero-order valence-corrected chi connectivity index (χ0v) is 20.5. The van der Waals surface area contributed by atoms with Gasteiger partial charge < -0.3 is 14.4 Å². The molecule has 2 aromatic carbocycles. The van der Waals surface area contributed by atoms with E-state index < -0.39 is 4.92 Å². The monoisotopic (exact) mass is 496 g/mol. The van der Waals surface area contributed by atoms with Crippen molar-refractivity contribution in [2.24, 2.45) is 0 Å². The fourth-order valence-corrected chi connectivity index (χ4v) is 4.50. The number of amides is 1. The van der Waals surface area contributed by atoms with E-state index in [1.807, 2.05) is 13.8 Å². The smallest absolute Gasteiger partial charge is 0.269 e. The van der Waals surface area contributed by atoms with Crippen molar-refractivity contribution < 1.29 is 19.2 Å². The zero-order chi connectivity index (χ0) is 25.1. The van der Waals surface area contributed by atoms with Crippen LogP contribution in [0, 0.1) is 10.1 Å². The van der Waals surface area contributed by atoms with Crippen molar-refractivity contribution in [3.8, 4) is 22.9 Å². The van der Waals surface area contributed by atoms with Gasteiger partial charge in [0, 0.05) is 42.2 Å². The van der Waals surface area contributed by atoms with Crippen LogP contribution >= 0.6 is 11.8 Å². The highest BCUT2D eigenvalue weighted by Gasteiger charge is 2.20. The van der Waals surface area contributed by atoms with Crippen LogP contribution in [0.4, 0.5) is 5.69 Å². The number of hydrogen-bond acceptors (Lipinski definition) is 9. The minimum Gasteiger partial charge on any atom is -0.493 e. The van der Waals surface area contributed by atoms with Crippen molar-refractivity contribution in [2.45, 2.75) is 19.0 Å². The number of non-ortho nitro benzene ring substituents is 1. The molecule has 0 bridgehead atoms. The minimum absolute atomic E-state index is 0.00179. The molecule has 0 fully saturated rings. The standard InChI is InChI=1S/C23H24N6O5S/c1-5-27(6-2)20(30)13-35-23-24-17-12-19(34-4)18(33-3)11-16(17)22-25-21(26-28(22)23)14-7-9-15(10-8-14)29(31)32/h7-12H,5-6,13H2,1-4H3. The summed E-state index contributed by atoms with van der Waals surface area (Å²) >= 11 is 1.27. The van der Waals surface area contributed by atoms with Crippen LogP contribution in [0.1, 0.15) is 13.8 Å². The van der Waals surface area contributed by atoms with Gasteiger partial charge in [-0.25, -0.2) is 9.97 Å². The van der Waals surface area contributed by atoms with E-state index in [2.05, 4.69) is 5.10 Å². The molecular weight excluding hydrogens is 472 g/mol. The number of nitrogens with zero attached hydrogens (tertiary/aromatic N) is 6. The molecule has 0 aliphatic carbocycles. The largest absolute Gasteiger partial charge is 0.493 e. The topological polar surface area (TPSA) is 125 Å². The van der Waals surface area contributed by atoms with Gasteiger partial charge in [0.2, 0.25) is 5.91 Å². The number of ether oxygens (including phenoxy) is 2.